The van der Waals surface area contributed by atoms with Crippen molar-refractivity contribution >= 4 is 11.6 Å². The van der Waals surface area contributed by atoms with Crippen LogP contribution in [0.15, 0.2) is 40.8 Å². The van der Waals surface area contributed by atoms with E-state index in [-0.39, 0.29) is 35.1 Å². The molecule has 2 N–H and O–H groups in total. The van der Waals surface area contributed by atoms with Crippen molar-refractivity contribution in [2.24, 2.45) is 5.73 Å². The molecule has 0 spiro atoms. The third kappa shape index (κ3) is 5.55. The first-order chi connectivity index (χ1) is 17.0. The van der Waals surface area contributed by atoms with Gasteiger partial charge in [-0.2, -0.15) is 0 Å². The van der Waals surface area contributed by atoms with E-state index in [4.69, 9.17) is 10.2 Å². The largest absolute Gasteiger partial charge is 0.573 e. The van der Waals surface area contributed by atoms with Gasteiger partial charge in [-0.3, -0.25) is 4.79 Å². The van der Waals surface area contributed by atoms with Crippen molar-refractivity contribution in [3.8, 4) is 17.2 Å². The van der Waals surface area contributed by atoms with E-state index in [1.165, 1.54) is 12.1 Å². The standard InChI is InChI=1S/C24H22F6N4O3/c1-22(2,3)21-33-32-19(36-21)14-8-18-15(9-16(14)25)23(26,27)10-17(31)20(35)34(18)11-12-4-6-13(7-5-12)37-24(28,29)30/h4-9,17H,10-11,31H2,1-3H3. The van der Waals surface area contributed by atoms with Crippen LogP contribution >= 0.6 is 0 Å². The van der Waals surface area contributed by atoms with Gasteiger partial charge in [0.25, 0.3) is 11.8 Å². The molecule has 13 heteroatoms. The number of benzene rings is 2. The van der Waals surface area contributed by atoms with Gasteiger partial charge in [0.2, 0.25) is 11.8 Å². The molecule has 1 unspecified atom stereocenters. The number of anilines is 1. The summed E-state index contributed by atoms with van der Waals surface area (Å²) in [6, 6.07) is 4.49. The third-order valence-corrected chi connectivity index (χ3v) is 5.62. The molecule has 0 aliphatic carbocycles. The minimum atomic E-state index is -4.90. The second kappa shape index (κ2) is 9.05. The Labute approximate surface area is 207 Å². The zero-order valence-electron chi connectivity index (χ0n) is 19.9. The highest BCUT2D eigenvalue weighted by molar-refractivity contribution is 5.99. The molecule has 1 aromatic heterocycles. The molecule has 0 radical (unpaired) electrons. The van der Waals surface area contributed by atoms with E-state index in [0.717, 1.165) is 23.1 Å². The van der Waals surface area contributed by atoms with Gasteiger partial charge in [0.05, 0.1) is 23.8 Å². The first-order valence-corrected chi connectivity index (χ1v) is 11.0. The van der Waals surface area contributed by atoms with Crippen molar-refractivity contribution in [2.45, 2.75) is 57.5 Å². The Morgan fingerprint density at radius 1 is 1.14 bits per heavy atom. The summed E-state index contributed by atoms with van der Waals surface area (Å²) in [6.45, 7) is 5.01. The van der Waals surface area contributed by atoms with Crippen LogP contribution in [0, 0.1) is 5.82 Å². The van der Waals surface area contributed by atoms with Crippen molar-refractivity contribution in [3.05, 3.63) is 59.2 Å². The van der Waals surface area contributed by atoms with E-state index in [1.54, 1.807) is 20.8 Å². The van der Waals surface area contributed by atoms with Crippen LogP contribution in [-0.2, 0) is 22.7 Å². The topological polar surface area (TPSA) is 94.5 Å². The average molecular weight is 528 g/mol. The lowest BCUT2D eigenvalue weighted by molar-refractivity contribution is -0.274. The van der Waals surface area contributed by atoms with Crippen molar-refractivity contribution in [3.63, 3.8) is 0 Å². The second-order valence-corrected chi connectivity index (χ2v) is 9.64. The third-order valence-electron chi connectivity index (χ3n) is 5.62. The molecule has 3 aromatic rings. The highest BCUT2D eigenvalue weighted by atomic mass is 19.4. The summed E-state index contributed by atoms with van der Waals surface area (Å²) in [5.74, 6) is -6.21. The Bertz CT molecular complexity index is 1320. The Morgan fingerprint density at radius 2 is 1.78 bits per heavy atom. The smallest absolute Gasteiger partial charge is 0.420 e. The first kappa shape index (κ1) is 26.5. The number of amides is 1. The van der Waals surface area contributed by atoms with Crippen LogP contribution in [0.1, 0.15) is 44.2 Å². The Morgan fingerprint density at radius 3 is 2.35 bits per heavy atom. The fourth-order valence-corrected chi connectivity index (χ4v) is 3.81. The number of alkyl halides is 5. The lowest BCUT2D eigenvalue weighted by Gasteiger charge is -2.25. The van der Waals surface area contributed by atoms with Crippen molar-refractivity contribution in [1.82, 2.24) is 10.2 Å². The molecule has 198 valence electrons. The summed E-state index contributed by atoms with van der Waals surface area (Å²) in [7, 11) is 0. The normalized spacial score (nSPS) is 17.9. The fraction of sp³-hybridized carbons (Fsp3) is 0.375. The molecule has 4 rings (SSSR count). The number of carbonyl (C=O) groups is 1. The maximum Gasteiger partial charge on any atom is 0.573 e. The lowest BCUT2D eigenvalue weighted by atomic mass is 9.97. The minimum Gasteiger partial charge on any atom is -0.420 e. The van der Waals surface area contributed by atoms with Crippen LogP contribution in [0.4, 0.5) is 32.0 Å². The van der Waals surface area contributed by atoms with E-state index in [2.05, 4.69) is 14.9 Å². The number of hydrogen-bond donors (Lipinski definition) is 1. The summed E-state index contributed by atoms with van der Waals surface area (Å²) in [6.07, 6.45) is -5.97. The fourth-order valence-electron chi connectivity index (χ4n) is 3.81. The number of rotatable bonds is 4. The number of carbonyl (C=O) groups excluding carboxylic acids is 1. The SMILES string of the molecule is CC(C)(C)c1nnc(-c2cc3c(cc2F)C(F)(F)CC(N)C(=O)N3Cc2ccc(OC(F)(F)F)cc2)o1. The summed E-state index contributed by atoms with van der Waals surface area (Å²) in [5, 5.41) is 7.71. The molecule has 0 saturated heterocycles. The number of fused-ring (bicyclic) bond motifs is 1. The molecule has 37 heavy (non-hydrogen) atoms. The van der Waals surface area contributed by atoms with Crippen LogP contribution < -0.4 is 15.4 Å². The lowest BCUT2D eigenvalue weighted by Crippen LogP contribution is -2.43. The van der Waals surface area contributed by atoms with E-state index < -0.39 is 53.2 Å². The maximum atomic E-state index is 15.1. The molecular weight excluding hydrogens is 506 g/mol. The van der Waals surface area contributed by atoms with E-state index in [1.807, 2.05) is 0 Å². The Kier molecular flexibility index (Phi) is 6.47. The van der Waals surface area contributed by atoms with Crippen LogP contribution in [0.5, 0.6) is 5.75 Å². The van der Waals surface area contributed by atoms with Crippen LogP contribution in [-0.4, -0.2) is 28.5 Å². The number of nitrogens with two attached hydrogens (primary N) is 1. The molecule has 2 heterocycles. The maximum absolute atomic E-state index is 15.1. The van der Waals surface area contributed by atoms with Crippen LogP contribution in [0.3, 0.4) is 0 Å². The molecule has 1 atom stereocenters. The van der Waals surface area contributed by atoms with E-state index in [9.17, 15) is 18.0 Å². The molecule has 7 nitrogen and oxygen atoms in total. The van der Waals surface area contributed by atoms with Gasteiger partial charge < -0.3 is 19.8 Å². The molecular formula is C24H22F6N4O3. The van der Waals surface area contributed by atoms with Gasteiger partial charge in [0, 0.05) is 17.4 Å². The number of ether oxygens (including phenoxy) is 1. The molecule has 1 amide bonds. The van der Waals surface area contributed by atoms with E-state index >= 15 is 13.2 Å². The summed E-state index contributed by atoms with van der Waals surface area (Å²) in [4.78, 5) is 14.0. The van der Waals surface area contributed by atoms with Gasteiger partial charge in [-0.1, -0.05) is 32.9 Å². The van der Waals surface area contributed by atoms with Crippen LogP contribution in [0.2, 0.25) is 0 Å². The highest BCUT2D eigenvalue weighted by Crippen LogP contribution is 2.45. The highest BCUT2D eigenvalue weighted by Gasteiger charge is 2.45. The second-order valence-electron chi connectivity index (χ2n) is 9.64. The summed E-state index contributed by atoms with van der Waals surface area (Å²) >= 11 is 0. The monoisotopic (exact) mass is 528 g/mol. The van der Waals surface area contributed by atoms with Gasteiger partial charge in [-0.15, -0.1) is 23.4 Å². The quantitative estimate of drug-likeness (QED) is 0.454. The van der Waals surface area contributed by atoms with E-state index in [0.29, 0.717) is 6.07 Å². The minimum absolute atomic E-state index is 0.179. The van der Waals surface area contributed by atoms with Gasteiger partial charge in [0.15, 0.2) is 0 Å². The van der Waals surface area contributed by atoms with Gasteiger partial charge in [-0.25, -0.2) is 13.2 Å². The molecule has 2 aromatic carbocycles. The van der Waals surface area contributed by atoms with Crippen molar-refractivity contribution < 1.29 is 40.3 Å². The molecule has 0 bridgehead atoms. The predicted octanol–water partition coefficient (Wildman–Crippen LogP) is 5.43. The Balaban J connectivity index is 1.79. The average Bonchev–Trinajstić information content (AvgIpc) is 3.25. The number of aromatic nitrogens is 2. The van der Waals surface area contributed by atoms with Crippen molar-refractivity contribution in [2.75, 3.05) is 4.90 Å². The zero-order chi connectivity index (χ0) is 27.3. The van der Waals surface area contributed by atoms with Gasteiger partial charge in [-0.05, 0) is 29.8 Å². The van der Waals surface area contributed by atoms with Crippen molar-refractivity contribution in [1.29, 1.82) is 0 Å². The molecule has 0 saturated carbocycles. The summed E-state index contributed by atoms with van der Waals surface area (Å²) in [5.41, 5.74) is 4.05. The zero-order valence-corrected chi connectivity index (χ0v) is 19.9. The van der Waals surface area contributed by atoms with Gasteiger partial charge in [0.1, 0.15) is 11.6 Å². The number of halogens is 6. The summed E-state index contributed by atoms with van der Waals surface area (Å²) < 4.78 is 92.0. The number of nitrogens with zero attached hydrogens (tertiary/aromatic N) is 3. The Hall–Kier alpha value is -3.61. The molecule has 1 aliphatic heterocycles. The number of hydrogen-bond acceptors (Lipinski definition) is 6. The first-order valence-electron chi connectivity index (χ1n) is 11.0. The predicted molar refractivity (Wildman–Crippen MR) is 119 cm³/mol. The van der Waals surface area contributed by atoms with Gasteiger partial charge >= 0.3 is 6.36 Å². The van der Waals surface area contributed by atoms with Crippen LogP contribution in [0.25, 0.3) is 11.5 Å². The molecule has 0 fully saturated rings. The molecule has 1 aliphatic rings.